The third kappa shape index (κ3) is 9.49. The molecule has 2 saturated heterocycles. The van der Waals surface area contributed by atoms with Gasteiger partial charge in [0.15, 0.2) is 0 Å². The van der Waals surface area contributed by atoms with Gasteiger partial charge in [-0.25, -0.2) is 9.59 Å². The predicted octanol–water partition coefficient (Wildman–Crippen LogP) is 6.11. The average Bonchev–Trinajstić information content (AvgIpc) is 3.73. The molecule has 2 aliphatic heterocycles. The van der Waals surface area contributed by atoms with Gasteiger partial charge in [-0.05, 0) is 122 Å². The zero-order valence-corrected chi connectivity index (χ0v) is 24.2. The summed E-state index contributed by atoms with van der Waals surface area (Å²) >= 11 is 0. The number of amides is 2. The smallest absolute Gasteiger partial charge is 0.410 e. The van der Waals surface area contributed by atoms with Crippen LogP contribution in [0.3, 0.4) is 0 Å². The Labute approximate surface area is 224 Å². The molecule has 1 N–H and O–H groups in total. The molecule has 7 nitrogen and oxygen atoms in total. The molecule has 0 aromatic heterocycles. The molecule has 4 atom stereocenters. The molecule has 2 aliphatic carbocycles. The van der Waals surface area contributed by atoms with Crippen molar-refractivity contribution in [3.8, 4) is 0 Å². The maximum Gasteiger partial charge on any atom is 0.410 e. The van der Waals surface area contributed by atoms with Gasteiger partial charge in [-0.3, -0.25) is 0 Å². The lowest BCUT2D eigenvalue weighted by atomic mass is 9.91. The fourth-order valence-corrected chi connectivity index (χ4v) is 6.07. The molecule has 2 amide bonds. The Morgan fingerprint density at radius 2 is 1.24 bits per heavy atom. The van der Waals surface area contributed by atoms with Crippen LogP contribution in [0.2, 0.25) is 0 Å². The van der Waals surface area contributed by atoms with Crippen LogP contribution in [-0.2, 0) is 9.47 Å². The lowest BCUT2D eigenvalue weighted by Gasteiger charge is -2.33. The Morgan fingerprint density at radius 3 is 1.59 bits per heavy atom. The fraction of sp³-hybridized carbons (Fsp3) is 0.867. The molecule has 0 spiro atoms. The number of hydrogen-bond acceptors (Lipinski definition) is 5. The molecule has 0 bridgehead atoms. The van der Waals surface area contributed by atoms with Gasteiger partial charge in [-0.2, -0.15) is 0 Å². The van der Waals surface area contributed by atoms with Gasteiger partial charge in [0.05, 0.1) is 0 Å². The van der Waals surface area contributed by atoms with E-state index in [2.05, 4.69) is 12.7 Å². The predicted molar refractivity (Wildman–Crippen MR) is 146 cm³/mol. The number of hydrogen-bond donors (Lipinski definition) is 1. The van der Waals surface area contributed by atoms with Crippen LogP contribution in [0.15, 0.2) is 12.7 Å². The van der Waals surface area contributed by atoms with Crippen molar-refractivity contribution in [3.63, 3.8) is 0 Å². The van der Waals surface area contributed by atoms with E-state index in [4.69, 9.17) is 14.6 Å². The maximum absolute atomic E-state index is 11.9. The van der Waals surface area contributed by atoms with E-state index in [0.717, 1.165) is 93.8 Å². The highest BCUT2D eigenvalue weighted by atomic mass is 16.6. The Hall–Kier alpha value is -1.76. The number of nitrogens with zero attached hydrogens (tertiary/aromatic N) is 2. The monoisotopic (exact) mass is 520 g/mol. The van der Waals surface area contributed by atoms with Crippen molar-refractivity contribution in [2.24, 2.45) is 35.5 Å². The molecule has 212 valence electrons. The van der Waals surface area contributed by atoms with Crippen molar-refractivity contribution in [2.75, 3.05) is 32.8 Å². The topological polar surface area (TPSA) is 79.3 Å². The maximum atomic E-state index is 11.9. The summed E-state index contributed by atoms with van der Waals surface area (Å²) in [6.07, 6.45) is 9.71. The summed E-state index contributed by atoms with van der Waals surface area (Å²) in [6.45, 7) is 19.0. The summed E-state index contributed by atoms with van der Waals surface area (Å²) in [7, 11) is 0. The number of carbonyl (C=O) groups excluding carboxylic acids is 2. The second-order valence-electron chi connectivity index (χ2n) is 13.6. The van der Waals surface area contributed by atoms with Gasteiger partial charge < -0.3 is 24.4 Å². The van der Waals surface area contributed by atoms with Crippen LogP contribution in [0, 0.1) is 35.5 Å². The lowest BCUT2D eigenvalue weighted by molar-refractivity contribution is 0.0164. The number of rotatable bonds is 5. The first-order valence-corrected chi connectivity index (χ1v) is 14.5. The number of allylic oxidation sites excluding steroid dienone is 1. The van der Waals surface area contributed by atoms with E-state index >= 15 is 0 Å². The van der Waals surface area contributed by atoms with Crippen LogP contribution in [0.25, 0.3) is 0 Å². The number of aliphatic hydroxyl groups is 1. The van der Waals surface area contributed by atoms with Gasteiger partial charge in [0, 0.05) is 32.8 Å². The van der Waals surface area contributed by atoms with Crippen molar-refractivity contribution >= 4 is 12.2 Å². The highest BCUT2D eigenvalue weighted by Gasteiger charge is 2.44. The summed E-state index contributed by atoms with van der Waals surface area (Å²) in [5.41, 5.74) is -0.797. The number of likely N-dealkylation sites (tertiary alicyclic amines) is 2. The van der Waals surface area contributed by atoms with E-state index in [9.17, 15) is 9.59 Å². The number of piperidine rings is 2. The Balaban J connectivity index is 0.000000206. The molecule has 4 rings (SSSR count). The number of aliphatic hydroxyl groups excluding tert-OH is 1. The van der Waals surface area contributed by atoms with Gasteiger partial charge in [0.25, 0.3) is 0 Å². The summed E-state index contributed by atoms with van der Waals surface area (Å²) in [6, 6.07) is 0. The van der Waals surface area contributed by atoms with E-state index in [1.54, 1.807) is 0 Å². The summed E-state index contributed by atoms with van der Waals surface area (Å²) in [5.74, 6) is 4.64. The second-order valence-corrected chi connectivity index (χ2v) is 13.6. The summed E-state index contributed by atoms with van der Waals surface area (Å²) in [4.78, 5) is 27.5. The number of ether oxygens (including phenoxy) is 2. The molecule has 37 heavy (non-hydrogen) atoms. The minimum absolute atomic E-state index is 0.156. The van der Waals surface area contributed by atoms with Gasteiger partial charge in [-0.15, -0.1) is 6.58 Å². The van der Waals surface area contributed by atoms with E-state index in [1.165, 1.54) is 12.8 Å². The highest BCUT2D eigenvalue weighted by Crippen LogP contribution is 2.50. The van der Waals surface area contributed by atoms with Gasteiger partial charge >= 0.3 is 12.2 Å². The quantitative estimate of drug-likeness (QED) is 0.443. The first kappa shape index (κ1) is 29.8. The normalized spacial score (nSPS) is 28.6. The number of carbonyl (C=O) groups is 2. The zero-order chi connectivity index (χ0) is 27.4. The van der Waals surface area contributed by atoms with Crippen molar-refractivity contribution in [3.05, 3.63) is 12.7 Å². The average molecular weight is 521 g/mol. The highest BCUT2D eigenvalue weighted by molar-refractivity contribution is 5.68. The Bertz CT molecular complexity index is 770. The molecule has 4 unspecified atom stereocenters. The molecule has 2 saturated carbocycles. The SMILES string of the molecule is C=CC1CC1C1CCN(C(=O)OC(C)(C)C)CC1.CC(C)(C)OC(=O)N1CCC(C2CC2CCO)CC1. The van der Waals surface area contributed by atoms with Crippen LogP contribution >= 0.6 is 0 Å². The molecule has 4 aliphatic rings. The third-order valence-corrected chi connectivity index (χ3v) is 8.26. The summed E-state index contributed by atoms with van der Waals surface area (Å²) in [5, 5.41) is 8.95. The Morgan fingerprint density at radius 1 is 0.811 bits per heavy atom. The minimum atomic E-state index is -0.406. The van der Waals surface area contributed by atoms with Crippen LogP contribution in [0.4, 0.5) is 9.59 Å². The zero-order valence-electron chi connectivity index (χ0n) is 24.2. The van der Waals surface area contributed by atoms with Crippen molar-refractivity contribution in [1.82, 2.24) is 9.80 Å². The van der Waals surface area contributed by atoms with E-state index in [1.807, 2.05) is 51.3 Å². The van der Waals surface area contributed by atoms with E-state index in [0.29, 0.717) is 6.61 Å². The second kappa shape index (κ2) is 12.4. The third-order valence-electron chi connectivity index (χ3n) is 8.26. The van der Waals surface area contributed by atoms with Crippen LogP contribution in [0.5, 0.6) is 0 Å². The van der Waals surface area contributed by atoms with E-state index < -0.39 is 11.2 Å². The fourth-order valence-electron chi connectivity index (χ4n) is 6.07. The first-order chi connectivity index (χ1) is 17.3. The van der Waals surface area contributed by atoms with Crippen LogP contribution < -0.4 is 0 Å². The van der Waals surface area contributed by atoms with Crippen molar-refractivity contribution in [1.29, 1.82) is 0 Å². The molecule has 0 aromatic carbocycles. The molecular weight excluding hydrogens is 468 g/mol. The van der Waals surface area contributed by atoms with Gasteiger partial charge in [0.2, 0.25) is 0 Å². The lowest BCUT2D eigenvalue weighted by Crippen LogP contribution is -2.42. The van der Waals surface area contributed by atoms with Gasteiger partial charge in [0.1, 0.15) is 11.2 Å². The molecule has 0 aromatic rings. The molecule has 0 radical (unpaired) electrons. The standard InChI is InChI=1S/C15H27NO3.C15H25NO2/c1-15(2,3)19-14(18)16-7-4-11(5-8-16)13-10-12(13)6-9-17;1-5-11-10-13(11)12-6-8-16(9-7-12)14(17)18-15(2,3)4/h11-13,17H,4-10H2,1-3H3;5,11-13H,1,6-10H2,2-4H3. The largest absolute Gasteiger partial charge is 0.444 e. The molecule has 2 heterocycles. The van der Waals surface area contributed by atoms with Crippen molar-refractivity contribution in [2.45, 2.75) is 97.7 Å². The van der Waals surface area contributed by atoms with E-state index in [-0.39, 0.29) is 12.2 Å². The van der Waals surface area contributed by atoms with Gasteiger partial charge in [-0.1, -0.05) is 6.08 Å². The first-order valence-electron chi connectivity index (χ1n) is 14.5. The van der Waals surface area contributed by atoms with Crippen molar-refractivity contribution < 1.29 is 24.2 Å². The molecular formula is C30H52N2O5. The van der Waals surface area contributed by atoms with Crippen LogP contribution in [0.1, 0.15) is 86.5 Å². The molecule has 4 fully saturated rings. The molecule has 7 heteroatoms. The Kier molecular flexibility index (Phi) is 9.98. The summed E-state index contributed by atoms with van der Waals surface area (Å²) < 4.78 is 10.8. The van der Waals surface area contributed by atoms with Crippen LogP contribution in [-0.4, -0.2) is 71.1 Å². The minimum Gasteiger partial charge on any atom is -0.444 e.